The average Bonchev–Trinajstić information content (AvgIpc) is 3.37. The third kappa shape index (κ3) is 1.28. The zero-order chi connectivity index (χ0) is 17.7. The molecule has 0 aromatic carbocycles. The van der Waals surface area contributed by atoms with Crippen molar-refractivity contribution in [3.63, 3.8) is 0 Å². The molecule has 8 saturated carbocycles. The Balaban J connectivity index is 1.51. The molecule has 0 aromatic rings. The molecule has 5 heteroatoms. The van der Waals surface area contributed by atoms with Gasteiger partial charge in [0, 0.05) is 15.6 Å². The monoisotopic (exact) mass is 482 g/mol. The van der Waals surface area contributed by atoms with Crippen LogP contribution in [0.3, 0.4) is 0 Å². The number of carbonyl (C=O) groups excluding carboxylic acids is 2. The van der Waals surface area contributed by atoms with Gasteiger partial charge >= 0.3 is 5.97 Å². The molecular formula is C21H24Br2O3. The van der Waals surface area contributed by atoms with Crippen molar-refractivity contribution >= 4 is 43.6 Å². The van der Waals surface area contributed by atoms with Crippen LogP contribution in [0.25, 0.3) is 0 Å². The van der Waals surface area contributed by atoms with Crippen molar-refractivity contribution in [1.82, 2.24) is 0 Å². The number of rotatable bonds is 1. The van der Waals surface area contributed by atoms with Crippen molar-refractivity contribution in [2.24, 2.45) is 70.5 Å². The van der Waals surface area contributed by atoms with Gasteiger partial charge in [0.15, 0.2) is 5.78 Å². The second-order valence-corrected chi connectivity index (χ2v) is 12.6. The van der Waals surface area contributed by atoms with Crippen molar-refractivity contribution in [3.8, 4) is 0 Å². The predicted octanol–water partition coefficient (Wildman–Crippen LogP) is 3.68. The lowest BCUT2D eigenvalue weighted by molar-refractivity contribution is -0.172. The lowest BCUT2D eigenvalue weighted by Crippen LogP contribution is -2.56. The first-order chi connectivity index (χ1) is 12.5. The van der Waals surface area contributed by atoms with Gasteiger partial charge in [0.2, 0.25) is 0 Å². The first-order valence-corrected chi connectivity index (χ1v) is 12.3. The molecule has 0 aromatic heterocycles. The van der Waals surface area contributed by atoms with E-state index in [1.54, 1.807) is 0 Å². The summed E-state index contributed by atoms with van der Waals surface area (Å²) in [5.74, 6) is 5.56. The Kier molecular flexibility index (Phi) is 2.84. The highest BCUT2D eigenvalue weighted by Gasteiger charge is 2.90. The highest BCUT2D eigenvalue weighted by molar-refractivity contribution is 9.09. The van der Waals surface area contributed by atoms with Gasteiger partial charge in [-0.15, -0.1) is 0 Å². The van der Waals surface area contributed by atoms with E-state index >= 15 is 0 Å². The quantitative estimate of drug-likeness (QED) is 0.324. The van der Waals surface area contributed by atoms with E-state index in [2.05, 4.69) is 31.9 Å². The number of hydrogen-bond donors (Lipinski definition) is 0. The number of hydrogen-bond acceptors (Lipinski definition) is 3. The molecule has 3 nitrogen and oxygen atoms in total. The first kappa shape index (κ1) is 16.0. The molecule has 8 fully saturated rings. The minimum Gasteiger partial charge on any atom is -0.468 e. The average molecular weight is 484 g/mol. The summed E-state index contributed by atoms with van der Waals surface area (Å²) in [4.78, 5) is 28.4. The van der Waals surface area contributed by atoms with Crippen LogP contribution in [-0.2, 0) is 14.3 Å². The van der Waals surface area contributed by atoms with Gasteiger partial charge in [-0.1, -0.05) is 31.9 Å². The molecule has 26 heavy (non-hydrogen) atoms. The molecule has 8 aliphatic carbocycles. The summed E-state index contributed by atoms with van der Waals surface area (Å²) in [6.45, 7) is 0. The van der Waals surface area contributed by atoms with E-state index in [1.807, 2.05) is 0 Å². The van der Waals surface area contributed by atoms with Gasteiger partial charge in [-0.2, -0.15) is 0 Å². The Morgan fingerprint density at radius 1 is 0.885 bits per heavy atom. The maximum Gasteiger partial charge on any atom is 0.319 e. The van der Waals surface area contributed by atoms with E-state index in [9.17, 15) is 9.59 Å². The number of carbonyl (C=O) groups is 2. The van der Waals surface area contributed by atoms with Crippen LogP contribution in [0, 0.1) is 70.5 Å². The topological polar surface area (TPSA) is 43.4 Å². The fourth-order valence-electron chi connectivity index (χ4n) is 10.7. The van der Waals surface area contributed by atoms with Crippen LogP contribution >= 0.6 is 31.9 Å². The number of halogens is 2. The number of esters is 1. The second-order valence-electron chi connectivity index (χ2n) is 10.3. The molecule has 8 bridgehead atoms. The summed E-state index contributed by atoms with van der Waals surface area (Å²) in [6.07, 6.45) is 4.85. The van der Waals surface area contributed by atoms with Gasteiger partial charge in [0.05, 0.1) is 7.11 Å². The maximum atomic E-state index is 14.0. The summed E-state index contributed by atoms with van der Waals surface area (Å²) in [7, 11) is 1.51. The summed E-state index contributed by atoms with van der Waals surface area (Å²) in [5, 5.41) is 0. The molecule has 0 heterocycles. The number of methoxy groups -OCH3 is 1. The molecule has 8 rings (SSSR count). The van der Waals surface area contributed by atoms with Gasteiger partial charge in [-0.25, -0.2) is 0 Å². The van der Waals surface area contributed by atoms with E-state index in [1.165, 1.54) is 32.8 Å². The van der Waals surface area contributed by atoms with Crippen molar-refractivity contribution in [1.29, 1.82) is 0 Å². The standard InChI is InChI=1S/C21H24Br2O3/c1-26-20(25)21-17-7-3-5-8(22)10(7)13-15(17)14-12(16(13)19(21)24)6-2-4-9(23)11(6)18(14)21/h6-18H,2-5H2,1H3/t6-,7+,8+,9+,10+,11-,12+,13-,14-,15-,16+,17+,18+,21-/m1/s1. The van der Waals surface area contributed by atoms with Crippen molar-refractivity contribution in [3.05, 3.63) is 0 Å². The fraction of sp³-hybridized carbons (Fsp3) is 0.905. The molecule has 140 valence electrons. The molecule has 0 unspecified atom stereocenters. The van der Waals surface area contributed by atoms with Gasteiger partial charge in [-0.3, -0.25) is 9.59 Å². The lowest BCUT2D eigenvalue weighted by Gasteiger charge is -2.44. The van der Waals surface area contributed by atoms with Crippen LogP contribution in [0.5, 0.6) is 0 Å². The van der Waals surface area contributed by atoms with Crippen LogP contribution in [0.2, 0.25) is 0 Å². The van der Waals surface area contributed by atoms with E-state index in [0.717, 1.165) is 0 Å². The normalized spacial score (nSPS) is 68.0. The highest BCUT2D eigenvalue weighted by atomic mass is 79.9. The Bertz CT molecular complexity index is 754. The molecule has 0 saturated heterocycles. The van der Waals surface area contributed by atoms with Crippen LogP contribution in [0.15, 0.2) is 0 Å². The van der Waals surface area contributed by atoms with E-state index < -0.39 is 5.41 Å². The molecule has 0 N–H and O–H groups in total. The smallest absolute Gasteiger partial charge is 0.319 e. The molecule has 8 aliphatic rings. The molecule has 0 amide bonds. The third-order valence-electron chi connectivity index (χ3n) is 10.5. The number of Topliss-reactive ketones (excluding diaryl/α,β-unsaturated/α-hetero) is 1. The summed E-state index contributed by atoms with van der Waals surface area (Å²) >= 11 is 7.94. The molecular weight excluding hydrogens is 460 g/mol. The second kappa shape index (κ2) is 4.63. The largest absolute Gasteiger partial charge is 0.468 e. The number of fused-ring (bicyclic) bond motifs is 2. The molecule has 0 radical (unpaired) electrons. The Hall–Kier alpha value is 0.1000. The lowest BCUT2D eigenvalue weighted by atomic mass is 9.56. The van der Waals surface area contributed by atoms with Crippen molar-refractivity contribution in [2.75, 3.05) is 7.11 Å². The van der Waals surface area contributed by atoms with Gasteiger partial charge in [0.25, 0.3) is 0 Å². The highest BCUT2D eigenvalue weighted by Crippen LogP contribution is 2.87. The number of ketones is 1. The summed E-state index contributed by atoms with van der Waals surface area (Å²) < 4.78 is 5.42. The predicted molar refractivity (Wildman–Crippen MR) is 102 cm³/mol. The Morgan fingerprint density at radius 2 is 1.54 bits per heavy atom. The van der Waals surface area contributed by atoms with Crippen LogP contribution in [-0.4, -0.2) is 28.5 Å². The fourth-order valence-corrected chi connectivity index (χ4v) is 12.7. The van der Waals surface area contributed by atoms with Crippen LogP contribution in [0.4, 0.5) is 0 Å². The summed E-state index contributed by atoms with van der Waals surface area (Å²) in [6, 6.07) is 0. The summed E-state index contributed by atoms with van der Waals surface area (Å²) in [5.41, 5.74) is -0.798. The van der Waals surface area contributed by atoms with Crippen LogP contribution in [0.1, 0.15) is 25.7 Å². The number of ether oxygens (including phenoxy) is 1. The minimum absolute atomic E-state index is 0.151. The zero-order valence-corrected chi connectivity index (χ0v) is 18.0. The van der Waals surface area contributed by atoms with Gasteiger partial charge in [-0.05, 0) is 84.9 Å². The van der Waals surface area contributed by atoms with Crippen molar-refractivity contribution in [2.45, 2.75) is 35.3 Å². The zero-order valence-electron chi connectivity index (χ0n) is 14.8. The maximum absolute atomic E-state index is 14.0. The third-order valence-corrected chi connectivity index (χ3v) is 12.6. The molecule has 14 atom stereocenters. The van der Waals surface area contributed by atoms with Crippen molar-refractivity contribution < 1.29 is 14.3 Å². The minimum atomic E-state index is -0.798. The molecule has 0 aliphatic heterocycles. The SMILES string of the molecule is COC(=O)[C@@]12C(=O)[C@@H]3[C@H]4[C@H]([C@H]5[C@@H]3[C@@H]3CC[C@H](Br)[C@@H]3[C@@H]51)[C@@H]2[C@H]1CC[C@H](Br)[C@H]14. The Morgan fingerprint density at radius 3 is 2.27 bits per heavy atom. The van der Waals surface area contributed by atoms with Gasteiger partial charge in [0.1, 0.15) is 5.41 Å². The molecule has 0 spiro atoms. The number of alkyl halides is 2. The first-order valence-electron chi connectivity index (χ1n) is 10.5. The van der Waals surface area contributed by atoms with E-state index in [0.29, 0.717) is 62.8 Å². The van der Waals surface area contributed by atoms with E-state index in [4.69, 9.17) is 4.74 Å². The van der Waals surface area contributed by atoms with E-state index in [-0.39, 0.29) is 23.7 Å². The van der Waals surface area contributed by atoms with Crippen LogP contribution < -0.4 is 0 Å². The van der Waals surface area contributed by atoms with Gasteiger partial charge < -0.3 is 4.74 Å². The Labute approximate surface area is 170 Å².